The van der Waals surface area contributed by atoms with Crippen molar-refractivity contribution in [2.24, 2.45) is 11.8 Å². The third kappa shape index (κ3) is 3.34. The Balaban J connectivity index is 2.07. The van der Waals surface area contributed by atoms with Crippen molar-refractivity contribution in [1.29, 1.82) is 0 Å². The number of anilines is 1. The predicted molar refractivity (Wildman–Crippen MR) is 74.9 cm³/mol. The molecule has 1 fully saturated rings. The predicted octanol–water partition coefficient (Wildman–Crippen LogP) is 2.63. The van der Waals surface area contributed by atoms with E-state index >= 15 is 0 Å². The van der Waals surface area contributed by atoms with Gasteiger partial charge in [-0.1, -0.05) is 19.8 Å². The van der Waals surface area contributed by atoms with E-state index in [9.17, 15) is 10.1 Å². The van der Waals surface area contributed by atoms with Crippen LogP contribution in [0.3, 0.4) is 0 Å². The molecule has 1 aromatic rings. The molecule has 2 atom stereocenters. The molecule has 1 aliphatic rings. The summed E-state index contributed by atoms with van der Waals surface area (Å²) in [6, 6.07) is 0. The van der Waals surface area contributed by atoms with Gasteiger partial charge in [-0.2, -0.15) is 4.98 Å². The zero-order valence-corrected chi connectivity index (χ0v) is 11.8. The average molecular weight is 280 g/mol. The van der Waals surface area contributed by atoms with Crippen LogP contribution in [0.15, 0.2) is 6.33 Å². The normalized spacial score (nSPS) is 22.3. The summed E-state index contributed by atoms with van der Waals surface area (Å²) in [5.41, 5.74) is -0.196. The van der Waals surface area contributed by atoms with Gasteiger partial charge in [0.25, 0.3) is 5.88 Å². The Hall–Kier alpha value is -1.92. The first-order valence-corrected chi connectivity index (χ1v) is 6.89. The molecular weight excluding hydrogens is 260 g/mol. The van der Waals surface area contributed by atoms with E-state index in [1.165, 1.54) is 26.3 Å². The highest BCUT2D eigenvalue weighted by Gasteiger charge is 2.25. The Morgan fingerprint density at radius 3 is 2.95 bits per heavy atom. The molecule has 0 aromatic carbocycles. The molecule has 0 spiro atoms. The molecule has 0 aliphatic heterocycles. The van der Waals surface area contributed by atoms with Gasteiger partial charge < -0.3 is 10.1 Å². The van der Waals surface area contributed by atoms with Crippen LogP contribution < -0.4 is 10.1 Å². The van der Waals surface area contributed by atoms with E-state index in [1.54, 1.807) is 0 Å². The fourth-order valence-electron chi connectivity index (χ4n) is 2.79. The Kier molecular flexibility index (Phi) is 4.70. The van der Waals surface area contributed by atoms with Crippen LogP contribution in [-0.4, -0.2) is 28.5 Å². The fourth-order valence-corrected chi connectivity index (χ4v) is 2.79. The van der Waals surface area contributed by atoms with Gasteiger partial charge in [0.15, 0.2) is 0 Å². The summed E-state index contributed by atoms with van der Waals surface area (Å²) in [6.07, 6.45) is 6.09. The standard InChI is InChI=1S/C13H20N4O3/c1-9-4-3-5-10(6-9)7-14-12-11(17(18)19)13(20-2)16-8-15-12/h8-10H,3-7H2,1-2H3,(H,14,15,16). The summed E-state index contributed by atoms with van der Waals surface area (Å²) < 4.78 is 4.92. The minimum Gasteiger partial charge on any atom is -0.476 e. The quantitative estimate of drug-likeness (QED) is 0.658. The van der Waals surface area contributed by atoms with Gasteiger partial charge in [-0.25, -0.2) is 4.98 Å². The summed E-state index contributed by atoms with van der Waals surface area (Å²) in [6.45, 7) is 2.95. The van der Waals surface area contributed by atoms with Crippen LogP contribution in [0.1, 0.15) is 32.6 Å². The van der Waals surface area contributed by atoms with Crippen LogP contribution in [0.4, 0.5) is 11.5 Å². The van der Waals surface area contributed by atoms with E-state index in [4.69, 9.17) is 4.74 Å². The van der Waals surface area contributed by atoms with Gasteiger partial charge in [0, 0.05) is 6.54 Å². The lowest BCUT2D eigenvalue weighted by Crippen LogP contribution is -2.21. The smallest absolute Gasteiger partial charge is 0.372 e. The fraction of sp³-hybridized carbons (Fsp3) is 0.692. The number of rotatable bonds is 5. The highest BCUT2D eigenvalue weighted by atomic mass is 16.6. The van der Waals surface area contributed by atoms with E-state index in [2.05, 4.69) is 22.2 Å². The van der Waals surface area contributed by atoms with Gasteiger partial charge in [0.2, 0.25) is 5.82 Å². The second-order valence-corrected chi connectivity index (χ2v) is 5.36. The van der Waals surface area contributed by atoms with E-state index in [0.717, 1.165) is 18.8 Å². The maximum Gasteiger partial charge on any atom is 0.372 e. The number of methoxy groups -OCH3 is 1. The first-order valence-electron chi connectivity index (χ1n) is 6.89. The molecule has 0 bridgehead atoms. The van der Waals surface area contributed by atoms with Crippen LogP contribution in [-0.2, 0) is 0 Å². The topological polar surface area (TPSA) is 90.2 Å². The Morgan fingerprint density at radius 1 is 1.50 bits per heavy atom. The summed E-state index contributed by atoms with van der Waals surface area (Å²) in [5, 5.41) is 14.2. The molecule has 1 saturated carbocycles. The van der Waals surface area contributed by atoms with Crippen LogP contribution in [0.2, 0.25) is 0 Å². The van der Waals surface area contributed by atoms with Crippen molar-refractivity contribution >= 4 is 11.5 Å². The van der Waals surface area contributed by atoms with Gasteiger partial charge in [-0.15, -0.1) is 0 Å². The van der Waals surface area contributed by atoms with Crippen molar-refractivity contribution in [3.63, 3.8) is 0 Å². The number of nitrogens with zero attached hydrogens (tertiary/aromatic N) is 3. The summed E-state index contributed by atoms with van der Waals surface area (Å²) in [4.78, 5) is 18.3. The Bertz CT molecular complexity index is 481. The lowest BCUT2D eigenvalue weighted by molar-refractivity contribution is -0.385. The van der Waals surface area contributed by atoms with Crippen LogP contribution in [0, 0.1) is 22.0 Å². The van der Waals surface area contributed by atoms with Crippen molar-refractivity contribution in [3.05, 3.63) is 16.4 Å². The minimum atomic E-state index is -0.509. The summed E-state index contributed by atoms with van der Waals surface area (Å²) >= 11 is 0. The molecule has 0 saturated heterocycles. The molecular formula is C13H20N4O3. The number of ether oxygens (including phenoxy) is 1. The molecule has 1 heterocycles. The minimum absolute atomic E-state index is 0.00971. The second kappa shape index (κ2) is 6.49. The highest BCUT2D eigenvalue weighted by Crippen LogP contribution is 2.32. The number of aromatic nitrogens is 2. The van der Waals surface area contributed by atoms with Gasteiger partial charge in [0.05, 0.1) is 12.0 Å². The van der Waals surface area contributed by atoms with Crippen LogP contribution >= 0.6 is 0 Å². The number of hydrogen-bond acceptors (Lipinski definition) is 6. The first kappa shape index (κ1) is 14.5. The maximum atomic E-state index is 11.1. The SMILES string of the molecule is COc1ncnc(NCC2CCCC(C)C2)c1[N+](=O)[O-]. The summed E-state index contributed by atoms with van der Waals surface area (Å²) in [7, 11) is 1.36. The van der Waals surface area contributed by atoms with Crippen molar-refractivity contribution < 1.29 is 9.66 Å². The third-order valence-electron chi connectivity index (χ3n) is 3.77. The van der Waals surface area contributed by atoms with Crippen LogP contribution in [0.25, 0.3) is 0 Å². The third-order valence-corrected chi connectivity index (χ3v) is 3.77. The molecule has 20 heavy (non-hydrogen) atoms. The molecule has 2 unspecified atom stereocenters. The van der Waals surface area contributed by atoms with E-state index in [0.29, 0.717) is 12.5 Å². The number of nitrogens with one attached hydrogen (secondary N) is 1. The lowest BCUT2D eigenvalue weighted by Gasteiger charge is -2.26. The molecule has 7 nitrogen and oxygen atoms in total. The lowest BCUT2D eigenvalue weighted by atomic mass is 9.82. The number of hydrogen-bond donors (Lipinski definition) is 1. The molecule has 0 amide bonds. The van der Waals surface area contributed by atoms with Crippen molar-refractivity contribution in [3.8, 4) is 5.88 Å². The largest absolute Gasteiger partial charge is 0.476 e. The molecule has 7 heteroatoms. The van der Waals surface area contributed by atoms with Gasteiger partial charge in [-0.05, 0) is 24.7 Å². The monoisotopic (exact) mass is 280 g/mol. The van der Waals surface area contributed by atoms with Crippen molar-refractivity contribution in [1.82, 2.24) is 9.97 Å². The van der Waals surface area contributed by atoms with Gasteiger partial charge in [0.1, 0.15) is 6.33 Å². The number of nitro groups is 1. The zero-order valence-electron chi connectivity index (χ0n) is 11.8. The zero-order chi connectivity index (χ0) is 14.5. The maximum absolute atomic E-state index is 11.1. The molecule has 1 aromatic heterocycles. The van der Waals surface area contributed by atoms with Gasteiger partial charge in [-0.3, -0.25) is 10.1 Å². The van der Waals surface area contributed by atoms with Crippen molar-refractivity contribution in [2.75, 3.05) is 19.0 Å². The first-order chi connectivity index (χ1) is 9.61. The van der Waals surface area contributed by atoms with E-state index in [1.807, 2.05) is 0 Å². The molecule has 110 valence electrons. The summed E-state index contributed by atoms with van der Waals surface area (Å²) in [5.74, 6) is 1.49. The van der Waals surface area contributed by atoms with Crippen molar-refractivity contribution in [2.45, 2.75) is 32.6 Å². The molecule has 2 rings (SSSR count). The Labute approximate surface area is 117 Å². The van der Waals surface area contributed by atoms with Crippen LogP contribution in [0.5, 0.6) is 5.88 Å². The van der Waals surface area contributed by atoms with Gasteiger partial charge >= 0.3 is 5.69 Å². The second-order valence-electron chi connectivity index (χ2n) is 5.36. The molecule has 1 N–H and O–H groups in total. The highest BCUT2D eigenvalue weighted by molar-refractivity contribution is 5.61. The van der Waals surface area contributed by atoms with E-state index in [-0.39, 0.29) is 17.4 Å². The average Bonchev–Trinajstić information content (AvgIpc) is 2.44. The Morgan fingerprint density at radius 2 is 2.30 bits per heavy atom. The van der Waals surface area contributed by atoms with E-state index < -0.39 is 4.92 Å². The molecule has 0 radical (unpaired) electrons. The molecule has 1 aliphatic carbocycles.